The first-order valence-electron chi connectivity index (χ1n) is 6.57. The zero-order chi connectivity index (χ0) is 12.6. The number of hydrogen-bond donors (Lipinski definition) is 0. The Morgan fingerprint density at radius 2 is 1.31 bits per heavy atom. The van der Waals surface area contributed by atoms with Gasteiger partial charge < -0.3 is 4.84 Å². The maximum atomic E-state index is 5.73. The summed E-state index contributed by atoms with van der Waals surface area (Å²) in [6.07, 6.45) is 4.69. The summed E-state index contributed by atoms with van der Waals surface area (Å²) in [5, 5.41) is 2.27. The topological polar surface area (TPSA) is 12.5 Å². The summed E-state index contributed by atoms with van der Waals surface area (Å²) < 4.78 is 0. The number of rotatable bonds is 3. The molecule has 1 aliphatic rings. The molecule has 1 saturated heterocycles. The number of nitrogens with zero attached hydrogens (tertiary/aromatic N) is 1. The molecule has 0 aliphatic carbocycles. The van der Waals surface area contributed by atoms with E-state index in [0.717, 1.165) is 12.8 Å². The van der Waals surface area contributed by atoms with Gasteiger partial charge in [-0.25, -0.2) is 0 Å². The fourth-order valence-corrected chi connectivity index (χ4v) is 3.90. The van der Waals surface area contributed by atoms with E-state index >= 15 is 0 Å². The van der Waals surface area contributed by atoms with Gasteiger partial charge in [0.25, 0.3) is 0 Å². The minimum absolute atomic E-state index is 0.168. The van der Waals surface area contributed by atoms with E-state index in [1.807, 2.05) is 7.11 Å². The highest BCUT2D eigenvalue weighted by Crippen LogP contribution is 2.50. The Kier molecular flexibility index (Phi) is 3.76. The second-order valence-electron chi connectivity index (χ2n) is 6.70. The van der Waals surface area contributed by atoms with Crippen molar-refractivity contribution in [3.63, 3.8) is 0 Å². The van der Waals surface area contributed by atoms with E-state index in [1.165, 1.54) is 12.8 Å². The molecule has 1 aliphatic heterocycles. The number of piperidine rings is 1. The average Bonchev–Trinajstić information content (AvgIpc) is 2.15. The van der Waals surface area contributed by atoms with E-state index in [-0.39, 0.29) is 11.1 Å². The molecule has 16 heavy (non-hydrogen) atoms. The molecule has 0 aromatic carbocycles. The molecule has 0 aromatic rings. The zero-order valence-electron chi connectivity index (χ0n) is 12.2. The second kappa shape index (κ2) is 4.30. The highest BCUT2D eigenvalue weighted by Gasteiger charge is 2.51. The van der Waals surface area contributed by atoms with Gasteiger partial charge in [0.2, 0.25) is 0 Å². The highest BCUT2D eigenvalue weighted by atomic mass is 16.7. The minimum Gasteiger partial charge on any atom is -0.301 e. The summed E-state index contributed by atoms with van der Waals surface area (Å²) in [5.41, 5.74) is 0.743. The molecule has 1 fully saturated rings. The molecule has 2 nitrogen and oxygen atoms in total. The van der Waals surface area contributed by atoms with E-state index in [0.29, 0.717) is 5.41 Å². The second-order valence-corrected chi connectivity index (χ2v) is 6.70. The van der Waals surface area contributed by atoms with E-state index in [1.54, 1.807) is 0 Å². The number of hydroxylamine groups is 2. The van der Waals surface area contributed by atoms with Gasteiger partial charge in [-0.1, -0.05) is 27.7 Å². The molecule has 2 heteroatoms. The standard InChI is InChI=1S/C14H29NO/c1-8-13(5)10-12(3,4)11-14(6,9-2)15(13)16-7/h8-11H2,1-7H3. The average molecular weight is 227 g/mol. The van der Waals surface area contributed by atoms with Crippen molar-refractivity contribution >= 4 is 0 Å². The highest BCUT2D eigenvalue weighted by molar-refractivity contribution is 5.02. The Balaban J connectivity index is 3.11. The molecule has 0 amide bonds. The van der Waals surface area contributed by atoms with Gasteiger partial charge in [0.05, 0.1) is 7.11 Å². The quantitative estimate of drug-likeness (QED) is 0.722. The van der Waals surface area contributed by atoms with Gasteiger partial charge in [0.15, 0.2) is 0 Å². The Morgan fingerprint density at radius 3 is 1.56 bits per heavy atom. The van der Waals surface area contributed by atoms with Crippen LogP contribution in [0.1, 0.15) is 67.2 Å². The molecule has 0 spiro atoms. The molecule has 0 aromatic heterocycles. The molecule has 0 bridgehead atoms. The lowest BCUT2D eigenvalue weighted by atomic mass is 9.65. The molecule has 2 unspecified atom stereocenters. The molecule has 0 N–H and O–H groups in total. The van der Waals surface area contributed by atoms with Crippen LogP contribution in [0.4, 0.5) is 0 Å². The summed E-state index contributed by atoms with van der Waals surface area (Å²) in [7, 11) is 1.82. The third kappa shape index (κ3) is 2.28. The fourth-order valence-electron chi connectivity index (χ4n) is 3.90. The third-order valence-electron chi connectivity index (χ3n) is 4.41. The fraction of sp³-hybridized carbons (Fsp3) is 1.00. The van der Waals surface area contributed by atoms with Crippen LogP contribution in [0.15, 0.2) is 0 Å². The Hall–Kier alpha value is -0.0800. The van der Waals surface area contributed by atoms with E-state index in [9.17, 15) is 0 Å². The van der Waals surface area contributed by atoms with E-state index in [2.05, 4.69) is 46.6 Å². The summed E-state index contributed by atoms with van der Waals surface area (Å²) in [6, 6.07) is 0. The van der Waals surface area contributed by atoms with Gasteiger partial charge in [0.1, 0.15) is 0 Å². The first kappa shape index (κ1) is 14.0. The van der Waals surface area contributed by atoms with Crippen LogP contribution in [0.25, 0.3) is 0 Å². The maximum Gasteiger partial charge on any atom is 0.0575 e. The lowest BCUT2D eigenvalue weighted by molar-refractivity contribution is -0.291. The van der Waals surface area contributed by atoms with Crippen molar-refractivity contribution in [1.82, 2.24) is 5.06 Å². The lowest BCUT2D eigenvalue weighted by Crippen LogP contribution is -2.63. The zero-order valence-corrected chi connectivity index (χ0v) is 12.2. The van der Waals surface area contributed by atoms with E-state index < -0.39 is 0 Å². The Bertz CT molecular complexity index is 229. The first-order chi connectivity index (χ1) is 7.23. The van der Waals surface area contributed by atoms with Crippen LogP contribution in [0.3, 0.4) is 0 Å². The van der Waals surface area contributed by atoms with Gasteiger partial charge in [-0.2, -0.15) is 5.06 Å². The van der Waals surface area contributed by atoms with Crippen molar-refractivity contribution in [2.75, 3.05) is 7.11 Å². The smallest absolute Gasteiger partial charge is 0.0575 e. The summed E-state index contributed by atoms with van der Waals surface area (Å²) in [4.78, 5) is 5.73. The van der Waals surface area contributed by atoms with Crippen LogP contribution in [-0.2, 0) is 4.84 Å². The van der Waals surface area contributed by atoms with Crippen molar-refractivity contribution in [2.45, 2.75) is 78.3 Å². The van der Waals surface area contributed by atoms with Crippen LogP contribution in [0.5, 0.6) is 0 Å². The Morgan fingerprint density at radius 1 is 0.938 bits per heavy atom. The van der Waals surface area contributed by atoms with Crippen LogP contribution in [0.2, 0.25) is 0 Å². The first-order valence-corrected chi connectivity index (χ1v) is 6.57. The van der Waals surface area contributed by atoms with E-state index in [4.69, 9.17) is 4.84 Å². The minimum atomic E-state index is 0.168. The van der Waals surface area contributed by atoms with Crippen molar-refractivity contribution < 1.29 is 4.84 Å². The molecular formula is C14H29NO. The van der Waals surface area contributed by atoms with Crippen LogP contribution >= 0.6 is 0 Å². The Labute approximate surface area is 101 Å². The molecular weight excluding hydrogens is 198 g/mol. The van der Waals surface area contributed by atoms with Crippen molar-refractivity contribution in [2.24, 2.45) is 5.41 Å². The van der Waals surface area contributed by atoms with Gasteiger partial charge in [0, 0.05) is 11.1 Å². The van der Waals surface area contributed by atoms with Crippen LogP contribution in [0, 0.1) is 5.41 Å². The molecule has 0 saturated carbocycles. The molecule has 1 heterocycles. The SMILES string of the molecule is CCC1(C)CC(C)(C)CC(C)(CC)N1OC. The third-order valence-corrected chi connectivity index (χ3v) is 4.41. The largest absolute Gasteiger partial charge is 0.301 e. The molecule has 1 rings (SSSR count). The van der Waals surface area contributed by atoms with Crippen molar-refractivity contribution in [3.05, 3.63) is 0 Å². The summed E-state index contributed by atoms with van der Waals surface area (Å²) >= 11 is 0. The van der Waals surface area contributed by atoms with Gasteiger partial charge in [-0.15, -0.1) is 0 Å². The van der Waals surface area contributed by atoms with Gasteiger partial charge in [-0.3, -0.25) is 0 Å². The van der Waals surface area contributed by atoms with Gasteiger partial charge in [-0.05, 0) is 44.9 Å². The van der Waals surface area contributed by atoms with Crippen molar-refractivity contribution in [1.29, 1.82) is 0 Å². The lowest BCUT2D eigenvalue weighted by Gasteiger charge is -2.58. The maximum absolute atomic E-state index is 5.73. The number of hydrogen-bond acceptors (Lipinski definition) is 2. The molecule has 2 atom stereocenters. The van der Waals surface area contributed by atoms with Crippen molar-refractivity contribution in [3.8, 4) is 0 Å². The summed E-state index contributed by atoms with van der Waals surface area (Å²) in [6.45, 7) is 14.0. The predicted molar refractivity (Wildman–Crippen MR) is 69.3 cm³/mol. The molecule has 0 radical (unpaired) electrons. The molecule has 96 valence electrons. The van der Waals surface area contributed by atoms with Crippen LogP contribution in [-0.4, -0.2) is 23.3 Å². The monoisotopic (exact) mass is 227 g/mol. The predicted octanol–water partition coefficient (Wildman–Crippen LogP) is 4.01. The summed E-state index contributed by atoms with van der Waals surface area (Å²) in [5.74, 6) is 0. The van der Waals surface area contributed by atoms with Crippen LogP contribution < -0.4 is 0 Å². The van der Waals surface area contributed by atoms with Gasteiger partial charge >= 0.3 is 0 Å². The normalized spacial score (nSPS) is 39.9.